The molecule has 1 aliphatic rings. The molecule has 8 nitrogen and oxygen atoms in total. The normalized spacial score (nSPS) is 14.2. The Bertz CT molecular complexity index is 700. The van der Waals surface area contributed by atoms with Crippen molar-refractivity contribution in [3.05, 3.63) is 12.1 Å². The number of hydrogen-bond acceptors (Lipinski definition) is 6. The molecule has 0 fully saturated rings. The van der Waals surface area contributed by atoms with Crippen LogP contribution in [-0.4, -0.2) is 40.1 Å². The number of anilines is 1. The summed E-state index contributed by atoms with van der Waals surface area (Å²) in [6.45, 7) is 3.31. The maximum atomic E-state index is 12.4. The zero-order valence-corrected chi connectivity index (χ0v) is 14.6. The van der Waals surface area contributed by atoms with Crippen molar-refractivity contribution < 1.29 is 22.7 Å². The summed E-state index contributed by atoms with van der Waals surface area (Å²) in [5.41, 5.74) is 5.46. The van der Waals surface area contributed by atoms with Crippen LogP contribution in [0.2, 0.25) is 0 Å². The molecule has 2 rings (SSSR count). The molecule has 4 N–H and O–H groups in total. The Labute approximate surface area is 141 Å². The molecule has 1 heterocycles. The summed E-state index contributed by atoms with van der Waals surface area (Å²) >= 11 is 0. The van der Waals surface area contributed by atoms with E-state index in [1.54, 1.807) is 13.8 Å². The molecule has 10 heteroatoms. The highest BCUT2D eigenvalue weighted by Gasteiger charge is 2.26. The highest BCUT2D eigenvalue weighted by Crippen LogP contribution is 2.37. The first-order chi connectivity index (χ1) is 10.1. The van der Waals surface area contributed by atoms with Crippen LogP contribution in [0.3, 0.4) is 0 Å². The first-order valence-electron chi connectivity index (χ1n) is 6.55. The summed E-state index contributed by atoms with van der Waals surface area (Å²) in [6, 6.07) is 2.73. The van der Waals surface area contributed by atoms with Gasteiger partial charge in [-0.2, -0.15) is 0 Å². The molecule has 0 radical (unpaired) electrons. The van der Waals surface area contributed by atoms with Crippen molar-refractivity contribution in [3.8, 4) is 11.5 Å². The third kappa shape index (κ3) is 4.71. The molecule has 1 aliphatic heterocycles. The van der Waals surface area contributed by atoms with E-state index in [0.29, 0.717) is 5.69 Å². The minimum Gasteiger partial charge on any atom is -0.495 e. The number of rotatable bonds is 5. The largest absolute Gasteiger partial charge is 0.495 e. The zero-order chi connectivity index (χ0) is 16.5. The van der Waals surface area contributed by atoms with Crippen molar-refractivity contribution in [3.63, 3.8) is 0 Å². The Morgan fingerprint density at radius 3 is 2.65 bits per heavy atom. The molecular weight excluding hydrogens is 346 g/mol. The Hall–Kier alpha value is -1.55. The number of nitrogens with two attached hydrogens (primary N) is 1. The number of hydrogen-bond donors (Lipinski definition) is 3. The molecule has 1 aromatic rings. The van der Waals surface area contributed by atoms with E-state index in [4.69, 9.17) is 15.2 Å². The fourth-order valence-corrected chi connectivity index (χ4v) is 3.20. The first-order valence-corrected chi connectivity index (χ1v) is 8.04. The molecule has 0 saturated heterocycles. The highest BCUT2D eigenvalue weighted by molar-refractivity contribution is 7.89. The number of amides is 1. The van der Waals surface area contributed by atoms with Crippen LogP contribution in [0.1, 0.15) is 13.8 Å². The van der Waals surface area contributed by atoms with Gasteiger partial charge in [-0.3, -0.25) is 4.79 Å². The van der Waals surface area contributed by atoms with E-state index < -0.39 is 15.6 Å². The van der Waals surface area contributed by atoms with Crippen LogP contribution in [0, 0.1) is 0 Å². The third-order valence-electron chi connectivity index (χ3n) is 2.91. The van der Waals surface area contributed by atoms with Crippen LogP contribution in [0.4, 0.5) is 5.69 Å². The molecule has 1 aromatic carbocycles. The van der Waals surface area contributed by atoms with Crippen LogP contribution in [0.5, 0.6) is 11.5 Å². The minimum atomic E-state index is -3.83. The lowest BCUT2D eigenvalue weighted by atomic mass is 10.1. The Balaban J connectivity index is 0.00000264. The van der Waals surface area contributed by atoms with E-state index in [-0.39, 0.29) is 47.9 Å². The van der Waals surface area contributed by atoms with Crippen molar-refractivity contribution in [2.75, 3.05) is 25.6 Å². The van der Waals surface area contributed by atoms with Crippen LogP contribution < -0.4 is 25.2 Å². The maximum absolute atomic E-state index is 12.4. The van der Waals surface area contributed by atoms with E-state index in [9.17, 15) is 13.2 Å². The molecule has 23 heavy (non-hydrogen) atoms. The summed E-state index contributed by atoms with van der Waals surface area (Å²) < 4.78 is 37.6. The van der Waals surface area contributed by atoms with Crippen LogP contribution >= 0.6 is 12.4 Å². The number of carbonyl (C=O) groups excluding carboxylic acids is 1. The van der Waals surface area contributed by atoms with Gasteiger partial charge in [0.2, 0.25) is 10.0 Å². The molecule has 0 spiro atoms. The number of benzene rings is 1. The summed E-state index contributed by atoms with van der Waals surface area (Å²) in [7, 11) is -2.48. The molecule has 0 aliphatic carbocycles. The number of ether oxygens (including phenoxy) is 2. The number of carbonyl (C=O) groups is 1. The smallest absolute Gasteiger partial charge is 0.262 e. The average Bonchev–Trinajstić information content (AvgIpc) is 2.43. The predicted octanol–water partition coefficient (Wildman–Crippen LogP) is 0.464. The number of nitrogens with one attached hydrogen (secondary N) is 2. The van der Waals surface area contributed by atoms with Gasteiger partial charge >= 0.3 is 0 Å². The molecule has 0 atom stereocenters. The third-order valence-corrected chi connectivity index (χ3v) is 4.33. The lowest BCUT2D eigenvalue weighted by Gasteiger charge is -2.22. The van der Waals surface area contributed by atoms with E-state index >= 15 is 0 Å². The lowest BCUT2D eigenvalue weighted by Crippen LogP contribution is -2.45. The number of halogens is 1. The second-order valence-electron chi connectivity index (χ2n) is 5.65. The van der Waals surface area contributed by atoms with Gasteiger partial charge in [0.15, 0.2) is 6.61 Å². The topological polar surface area (TPSA) is 120 Å². The summed E-state index contributed by atoms with van der Waals surface area (Å²) in [4.78, 5) is 11.2. The van der Waals surface area contributed by atoms with E-state index in [0.717, 1.165) is 0 Å². The summed E-state index contributed by atoms with van der Waals surface area (Å²) in [5.74, 6) is 0.0628. The van der Waals surface area contributed by atoms with E-state index in [1.807, 2.05) is 0 Å². The second-order valence-corrected chi connectivity index (χ2v) is 7.38. The Morgan fingerprint density at radius 2 is 2.09 bits per heavy atom. The summed E-state index contributed by atoms with van der Waals surface area (Å²) in [6.07, 6.45) is 0. The monoisotopic (exact) mass is 365 g/mol. The van der Waals surface area contributed by atoms with Gasteiger partial charge < -0.3 is 20.5 Å². The average molecular weight is 366 g/mol. The summed E-state index contributed by atoms with van der Waals surface area (Å²) in [5, 5.41) is 2.59. The van der Waals surface area contributed by atoms with Crippen molar-refractivity contribution in [1.82, 2.24) is 4.72 Å². The van der Waals surface area contributed by atoms with Gasteiger partial charge in [0, 0.05) is 24.2 Å². The lowest BCUT2D eigenvalue weighted by molar-refractivity contribution is -0.118. The molecule has 1 amide bonds. The quantitative estimate of drug-likeness (QED) is 0.697. The van der Waals surface area contributed by atoms with E-state index in [2.05, 4.69) is 10.0 Å². The van der Waals surface area contributed by atoms with Crippen molar-refractivity contribution in [2.24, 2.45) is 5.73 Å². The number of sulfonamides is 1. The molecule has 0 aromatic heterocycles. The fraction of sp³-hybridized carbons (Fsp3) is 0.462. The Kier molecular flexibility index (Phi) is 5.86. The van der Waals surface area contributed by atoms with Crippen LogP contribution in [0.15, 0.2) is 17.0 Å². The van der Waals surface area contributed by atoms with Crippen molar-refractivity contribution in [1.29, 1.82) is 0 Å². The zero-order valence-electron chi connectivity index (χ0n) is 13.0. The van der Waals surface area contributed by atoms with Crippen molar-refractivity contribution in [2.45, 2.75) is 24.3 Å². The van der Waals surface area contributed by atoms with Gasteiger partial charge in [0.25, 0.3) is 5.91 Å². The van der Waals surface area contributed by atoms with Gasteiger partial charge in [0.05, 0.1) is 12.8 Å². The molecule has 130 valence electrons. The van der Waals surface area contributed by atoms with Gasteiger partial charge in [-0.1, -0.05) is 0 Å². The van der Waals surface area contributed by atoms with E-state index in [1.165, 1.54) is 19.2 Å². The Morgan fingerprint density at radius 1 is 1.43 bits per heavy atom. The molecular formula is C13H20ClN3O5S. The SMILES string of the molecule is COc1cc2c(cc1S(=O)(=O)NCC(C)(C)N)OCC(=O)N2.Cl. The standard InChI is InChI=1S/C13H19N3O5S.ClH/c1-13(2,14)7-15-22(18,19)11-5-9-8(4-10(11)20-3)16-12(17)6-21-9;/h4-5,15H,6-7,14H2,1-3H3,(H,16,17);1H. The van der Waals surface area contributed by atoms with Crippen LogP contribution in [-0.2, 0) is 14.8 Å². The second kappa shape index (κ2) is 6.91. The van der Waals surface area contributed by atoms with Gasteiger partial charge in [0.1, 0.15) is 16.4 Å². The molecule has 0 unspecified atom stereocenters. The maximum Gasteiger partial charge on any atom is 0.262 e. The first kappa shape index (κ1) is 19.5. The fourth-order valence-electron chi connectivity index (χ4n) is 1.82. The van der Waals surface area contributed by atoms with Gasteiger partial charge in [-0.15, -0.1) is 12.4 Å². The number of fused-ring (bicyclic) bond motifs is 1. The molecule has 0 saturated carbocycles. The van der Waals surface area contributed by atoms with Crippen LogP contribution in [0.25, 0.3) is 0 Å². The minimum absolute atomic E-state index is 0. The molecule has 0 bridgehead atoms. The van der Waals surface area contributed by atoms with Crippen molar-refractivity contribution >= 4 is 34.0 Å². The predicted molar refractivity (Wildman–Crippen MR) is 87.8 cm³/mol. The number of methoxy groups -OCH3 is 1. The highest BCUT2D eigenvalue weighted by atomic mass is 35.5. The van der Waals surface area contributed by atoms with Gasteiger partial charge in [-0.05, 0) is 13.8 Å². The van der Waals surface area contributed by atoms with Gasteiger partial charge in [-0.25, -0.2) is 13.1 Å².